The molecule has 0 saturated heterocycles. The van der Waals surface area contributed by atoms with Crippen LogP contribution in [0.25, 0.3) is 0 Å². The van der Waals surface area contributed by atoms with Crippen molar-refractivity contribution in [2.45, 2.75) is 39.1 Å². The number of aliphatic hydroxyl groups excluding tert-OH is 1. The summed E-state index contributed by atoms with van der Waals surface area (Å²) in [6.45, 7) is 6.12. The third-order valence-corrected chi connectivity index (χ3v) is 5.66. The maximum absolute atomic E-state index is 10.4. The fraction of sp³-hybridized carbons (Fsp3) is 0.417. The van der Waals surface area contributed by atoms with E-state index in [4.69, 9.17) is 9.37 Å². The van der Waals surface area contributed by atoms with Crippen molar-refractivity contribution in [3.05, 3.63) is 76.6 Å². The molecule has 31 heavy (non-hydrogen) atoms. The summed E-state index contributed by atoms with van der Waals surface area (Å²) in [7, 11) is 2.04. The van der Waals surface area contributed by atoms with E-state index >= 15 is 0 Å². The van der Waals surface area contributed by atoms with Gasteiger partial charge in [-0.25, -0.2) is 4.63 Å². The predicted octanol–water partition coefficient (Wildman–Crippen LogP) is 2.81. The molecule has 164 valence electrons. The van der Waals surface area contributed by atoms with Crippen LogP contribution >= 0.6 is 0 Å². The summed E-state index contributed by atoms with van der Waals surface area (Å²) < 4.78 is 10.6. The average Bonchev–Trinajstić information content (AvgIpc) is 3.17. The number of hydrogen-bond donors (Lipinski definition) is 1. The molecule has 0 aliphatic carbocycles. The van der Waals surface area contributed by atoms with Gasteiger partial charge in [-0.15, -0.1) is 0 Å². The fourth-order valence-electron chi connectivity index (χ4n) is 3.96. The van der Waals surface area contributed by atoms with Gasteiger partial charge >= 0.3 is 0 Å². The van der Waals surface area contributed by atoms with E-state index < -0.39 is 6.10 Å². The Morgan fingerprint density at radius 3 is 2.61 bits per heavy atom. The van der Waals surface area contributed by atoms with E-state index in [0.717, 1.165) is 43.2 Å². The largest absolute Gasteiger partial charge is 0.491 e. The first-order chi connectivity index (χ1) is 15.1. The number of ether oxygens (including phenoxy) is 1. The molecule has 1 atom stereocenters. The average molecular weight is 423 g/mol. The Balaban J connectivity index is 1.21. The summed E-state index contributed by atoms with van der Waals surface area (Å²) >= 11 is 0. The predicted molar refractivity (Wildman–Crippen MR) is 118 cm³/mol. The van der Waals surface area contributed by atoms with Crippen LogP contribution in [0.4, 0.5) is 0 Å². The van der Waals surface area contributed by atoms with E-state index in [1.165, 1.54) is 16.7 Å². The lowest BCUT2D eigenvalue weighted by Crippen LogP contribution is -2.38. The molecule has 4 rings (SSSR count). The number of benzene rings is 2. The van der Waals surface area contributed by atoms with Crippen LogP contribution in [-0.2, 0) is 26.1 Å². The van der Waals surface area contributed by atoms with Crippen molar-refractivity contribution in [2.75, 3.05) is 26.7 Å². The molecule has 7 heteroatoms. The summed E-state index contributed by atoms with van der Waals surface area (Å²) in [6.07, 6.45) is 0.516. The molecular weight excluding hydrogens is 392 g/mol. The summed E-state index contributed by atoms with van der Waals surface area (Å²) in [5, 5.41) is 18.2. The molecule has 1 aliphatic heterocycles. The lowest BCUT2D eigenvalue weighted by atomic mass is 10.00. The molecule has 1 N–H and O–H groups in total. The number of fused-ring (bicyclic) bond motifs is 1. The second-order valence-corrected chi connectivity index (χ2v) is 8.33. The van der Waals surface area contributed by atoms with Gasteiger partial charge in [-0.05, 0) is 49.2 Å². The van der Waals surface area contributed by atoms with Crippen molar-refractivity contribution in [1.29, 1.82) is 0 Å². The van der Waals surface area contributed by atoms with Gasteiger partial charge < -0.3 is 9.84 Å². The van der Waals surface area contributed by atoms with Gasteiger partial charge in [-0.1, -0.05) is 46.7 Å². The van der Waals surface area contributed by atoms with Crippen LogP contribution in [0.15, 0.2) is 53.2 Å². The number of aromatic nitrogens is 2. The lowest BCUT2D eigenvalue weighted by molar-refractivity contribution is 0.0638. The molecule has 2 aromatic carbocycles. The molecule has 7 nitrogen and oxygen atoms in total. The molecule has 3 aromatic rings. The monoisotopic (exact) mass is 422 g/mol. The molecule has 0 bridgehead atoms. The highest BCUT2D eigenvalue weighted by Gasteiger charge is 2.18. The Hall–Kier alpha value is -2.74. The number of hydrogen-bond acceptors (Lipinski definition) is 7. The SMILES string of the molecule is Cc1nonc1CN(C)Cc1ccc(OCC(O)CN2CCc3ccccc3C2)cc1. The highest BCUT2D eigenvalue weighted by Crippen LogP contribution is 2.19. The summed E-state index contributed by atoms with van der Waals surface area (Å²) in [4.78, 5) is 4.45. The minimum atomic E-state index is -0.518. The molecule has 0 radical (unpaired) electrons. The number of aliphatic hydroxyl groups is 1. The lowest BCUT2D eigenvalue weighted by Gasteiger charge is -2.30. The molecular formula is C24H30N4O3. The normalized spacial score (nSPS) is 15.1. The molecule has 2 heterocycles. The van der Waals surface area contributed by atoms with Gasteiger partial charge in [0.1, 0.15) is 29.8 Å². The maximum atomic E-state index is 10.4. The Labute approximate surface area is 183 Å². The van der Waals surface area contributed by atoms with Crippen LogP contribution in [0.5, 0.6) is 5.75 Å². The summed E-state index contributed by atoms with van der Waals surface area (Å²) in [5.74, 6) is 0.769. The molecule has 0 fully saturated rings. The minimum Gasteiger partial charge on any atom is -0.491 e. The van der Waals surface area contributed by atoms with Gasteiger partial charge in [0.15, 0.2) is 0 Å². The van der Waals surface area contributed by atoms with E-state index in [1.54, 1.807) is 0 Å². The third kappa shape index (κ3) is 5.91. The van der Waals surface area contributed by atoms with Crippen molar-refractivity contribution < 1.29 is 14.5 Å². The van der Waals surface area contributed by atoms with Crippen molar-refractivity contribution in [3.63, 3.8) is 0 Å². The van der Waals surface area contributed by atoms with Crippen molar-refractivity contribution in [1.82, 2.24) is 20.1 Å². The molecule has 1 aromatic heterocycles. The van der Waals surface area contributed by atoms with Crippen LogP contribution in [-0.4, -0.2) is 58.1 Å². The quantitative estimate of drug-likeness (QED) is 0.568. The highest BCUT2D eigenvalue weighted by molar-refractivity contribution is 5.29. The van der Waals surface area contributed by atoms with Gasteiger partial charge in [-0.3, -0.25) is 9.80 Å². The van der Waals surface area contributed by atoms with Crippen molar-refractivity contribution >= 4 is 0 Å². The van der Waals surface area contributed by atoms with Crippen molar-refractivity contribution in [2.24, 2.45) is 0 Å². The first-order valence-corrected chi connectivity index (χ1v) is 10.7. The van der Waals surface area contributed by atoms with E-state index in [2.05, 4.69) is 44.4 Å². The number of nitrogens with zero attached hydrogens (tertiary/aromatic N) is 4. The molecule has 0 amide bonds. The fourth-order valence-corrected chi connectivity index (χ4v) is 3.96. The zero-order chi connectivity index (χ0) is 21.6. The Morgan fingerprint density at radius 1 is 1.10 bits per heavy atom. The number of aryl methyl sites for hydroxylation is 1. The third-order valence-electron chi connectivity index (χ3n) is 5.66. The van der Waals surface area contributed by atoms with E-state index in [9.17, 15) is 5.11 Å². The summed E-state index contributed by atoms with van der Waals surface area (Å²) in [5.41, 5.74) is 5.63. The summed E-state index contributed by atoms with van der Waals surface area (Å²) in [6, 6.07) is 16.5. The van der Waals surface area contributed by atoms with Crippen LogP contribution < -0.4 is 4.74 Å². The number of rotatable bonds is 9. The zero-order valence-corrected chi connectivity index (χ0v) is 18.2. The Kier molecular flexibility index (Phi) is 6.96. The molecule has 0 spiro atoms. The second kappa shape index (κ2) is 10.0. The van der Waals surface area contributed by atoms with Crippen LogP contribution in [0.3, 0.4) is 0 Å². The van der Waals surface area contributed by atoms with Gasteiger partial charge in [0.25, 0.3) is 0 Å². The standard InChI is InChI=1S/C24H30N4O3/c1-18-24(26-31-25-18)16-27(2)13-19-7-9-23(10-8-19)30-17-22(29)15-28-12-11-20-5-3-4-6-21(20)14-28/h3-10,22,29H,11-17H2,1-2H3. The van der Waals surface area contributed by atoms with Gasteiger partial charge in [0.05, 0.1) is 0 Å². The van der Waals surface area contributed by atoms with Gasteiger partial charge in [-0.2, -0.15) is 0 Å². The van der Waals surface area contributed by atoms with Gasteiger partial charge in [0.2, 0.25) is 0 Å². The van der Waals surface area contributed by atoms with Gasteiger partial charge in [0, 0.05) is 32.7 Å². The van der Waals surface area contributed by atoms with E-state index in [1.807, 2.05) is 38.2 Å². The smallest absolute Gasteiger partial charge is 0.122 e. The Bertz CT molecular complexity index is 973. The second-order valence-electron chi connectivity index (χ2n) is 8.33. The van der Waals surface area contributed by atoms with Crippen LogP contribution in [0.1, 0.15) is 28.1 Å². The number of β-amino-alcohol motifs (C(OH)–C–C–N with tert-alkyl or cyclic N) is 1. The van der Waals surface area contributed by atoms with Crippen LogP contribution in [0.2, 0.25) is 0 Å². The van der Waals surface area contributed by atoms with E-state index in [-0.39, 0.29) is 6.61 Å². The first kappa shape index (κ1) is 21.5. The highest BCUT2D eigenvalue weighted by atomic mass is 16.6. The van der Waals surface area contributed by atoms with Crippen molar-refractivity contribution in [3.8, 4) is 5.75 Å². The zero-order valence-electron chi connectivity index (χ0n) is 18.2. The van der Waals surface area contributed by atoms with E-state index in [0.29, 0.717) is 13.1 Å². The maximum Gasteiger partial charge on any atom is 0.122 e. The minimum absolute atomic E-state index is 0.288. The molecule has 1 aliphatic rings. The Morgan fingerprint density at radius 2 is 1.87 bits per heavy atom. The van der Waals surface area contributed by atoms with Crippen LogP contribution in [0, 0.1) is 6.92 Å². The molecule has 0 saturated carbocycles. The first-order valence-electron chi connectivity index (χ1n) is 10.7. The topological polar surface area (TPSA) is 74.9 Å². The molecule has 1 unspecified atom stereocenters.